The van der Waals surface area contributed by atoms with Crippen molar-refractivity contribution in [2.75, 3.05) is 31.1 Å². The molecule has 6 nitrogen and oxygen atoms in total. The molecule has 0 saturated carbocycles. The fraction of sp³-hybridized carbons (Fsp3) is 0.438. The van der Waals surface area contributed by atoms with Crippen LogP contribution in [0.5, 0.6) is 0 Å². The summed E-state index contributed by atoms with van der Waals surface area (Å²) in [6.07, 6.45) is 1.73. The van der Waals surface area contributed by atoms with Crippen LogP contribution in [0.4, 0.5) is 10.5 Å². The summed E-state index contributed by atoms with van der Waals surface area (Å²) in [5, 5.41) is 2.82. The highest BCUT2D eigenvalue weighted by Gasteiger charge is 2.36. The molecule has 0 bridgehead atoms. The Morgan fingerprint density at radius 3 is 3.00 bits per heavy atom. The van der Waals surface area contributed by atoms with E-state index in [4.69, 9.17) is 0 Å². The van der Waals surface area contributed by atoms with Crippen LogP contribution in [0, 0.1) is 0 Å². The summed E-state index contributed by atoms with van der Waals surface area (Å²) < 4.78 is 0. The van der Waals surface area contributed by atoms with Crippen LogP contribution in [-0.4, -0.2) is 48.9 Å². The Hall–Kier alpha value is -2.37. The van der Waals surface area contributed by atoms with E-state index >= 15 is 0 Å². The maximum atomic E-state index is 12.7. The number of carbonyl (C=O) groups excluding carboxylic acids is 2. The van der Waals surface area contributed by atoms with Crippen LogP contribution in [0.2, 0.25) is 0 Å². The van der Waals surface area contributed by atoms with E-state index in [1.165, 1.54) is 0 Å². The van der Waals surface area contributed by atoms with Gasteiger partial charge < -0.3 is 5.32 Å². The summed E-state index contributed by atoms with van der Waals surface area (Å²) in [5.74, 6) is 0.597. The molecule has 1 N–H and O–H groups in total. The van der Waals surface area contributed by atoms with Crippen LogP contribution in [0.3, 0.4) is 0 Å². The molecule has 0 aliphatic carbocycles. The number of nitrogens with zero attached hydrogens (tertiary/aromatic N) is 3. The summed E-state index contributed by atoms with van der Waals surface area (Å²) in [7, 11) is 0. The second-order valence-electron chi connectivity index (χ2n) is 5.45. The number of nitrogens with one attached hydrogen (secondary N) is 1. The van der Waals surface area contributed by atoms with Gasteiger partial charge in [0.15, 0.2) is 0 Å². The molecule has 0 atom stereocenters. The standard InChI is InChI=1S/C16H20N4O2/c1-2-8-17-14(21)11-20-13-7-4-3-6-12(13)15-18-9-5-10-19(15)16(20)22/h3-4,6-7H,2,5,8-11H2,1H3,(H,17,21). The van der Waals surface area contributed by atoms with Crippen molar-refractivity contribution >= 4 is 23.5 Å². The fourth-order valence-corrected chi connectivity index (χ4v) is 2.79. The summed E-state index contributed by atoms with van der Waals surface area (Å²) in [4.78, 5) is 32.5. The van der Waals surface area contributed by atoms with E-state index in [1.807, 2.05) is 31.2 Å². The molecule has 0 unspecified atom stereocenters. The average Bonchev–Trinajstić information content (AvgIpc) is 2.57. The number of urea groups is 1. The fourth-order valence-electron chi connectivity index (χ4n) is 2.79. The topological polar surface area (TPSA) is 65.0 Å². The Bertz CT molecular complexity index is 626. The Labute approximate surface area is 129 Å². The van der Waals surface area contributed by atoms with Gasteiger partial charge >= 0.3 is 6.03 Å². The number of rotatable bonds is 4. The second-order valence-corrected chi connectivity index (χ2v) is 5.45. The lowest BCUT2D eigenvalue weighted by atomic mass is 10.1. The van der Waals surface area contributed by atoms with Gasteiger partial charge in [0.1, 0.15) is 12.4 Å². The number of amidine groups is 1. The highest BCUT2D eigenvalue weighted by atomic mass is 16.2. The van der Waals surface area contributed by atoms with Crippen molar-refractivity contribution in [1.29, 1.82) is 0 Å². The van der Waals surface area contributed by atoms with Crippen LogP contribution in [0.25, 0.3) is 0 Å². The number of hydrogen-bond acceptors (Lipinski definition) is 3. The first-order chi connectivity index (χ1) is 10.7. The Morgan fingerprint density at radius 1 is 1.36 bits per heavy atom. The molecule has 0 aromatic heterocycles. The number of benzene rings is 1. The molecule has 2 aliphatic rings. The van der Waals surface area contributed by atoms with Crippen LogP contribution >= 0.6 is 0 Å². The first kappa shape index (κ1) is 14.6. The zero-order valence-corrected chi connectivity index (χ0v) is 12.7. The van der Waals surface area contributed by atoms with Gasteiger partial charge in [-0.2, -0.15) is 0 Å². The molecule has 22 heavy (non-hydrogen) atoms. The quantitative estimate of drug-likeness (QED) is 0.918. The van der Waals surface area contributed by atoms with Crippen LogP contribution in [0.1, 0.15) is 25.3 Å². The van der Waals surface area contributed by atoms with Gasteiger partial charge in [-0.15, -0.1) is 0 Å². The molecular weight excluding hydrogens is 280 g/mol. The van der Waals surface area contributed by atoms with Gasteiger partial charge in [-0.1, -0.05) is 19.1 Å². The SMILES string of the molecule is CCCNC(=O)CN1C(=O)N2CCCN=C2c2ccccc21. The molecule has 2 aliphatic heterocycles. The monoisotopic (exact) mass is 300 g/mol. The van der Waals surface area contributed by atoms with Gasteiger partial charge in [0.25, 0.3) is 0 Å². The minimum absolute atomic E-state index is 0.0413. The Balaban J connectivity index is 1.92. The number of para-hydroxylation sites is 1. The van der Waals surface area contributed by atoms with Crippen molar-refractivity contribution < 1.29 is 9.59 Å². The normalized spacial score (nSPS) is 16.8. The van der Waals surface area contributed by atoms with Gasteiger partial charge in [0.05, 0.1) is 5.69 Å². The van der Waals surface area contributed by atoms with Crippen LogP contribution in [0.15, 0.2) is 29.3 Å². The molecule has 6 heteroatoms. The predicted octanol–water partition coefficient (Wildman–Crippen LogP) is 1.61. The molecule has 3 amide bonds. The van der Waals surface area contributed by atoms with E-state index < -0.39 is 0 Å². The molecule has 1 aromatic carbocycles. The zero-order chi connectivity index (χ0) is 15.5. The second kappa shape index (κ2) is 6.17. The number of amides is 3. The molecule has 0 saturated heterocycles. The van der Waals surface area contributed by atoms with Gasteiger partial charge in [0, 0.05) is 25.2 Å². The summed E-state index contributed by atoms with van der Waals surface area (Å²) in [5.41, 5.74) is 1.68. The van der Waals surface area contributed by atoms with E-state index in [1.54, 1.807) is 9.80 Å². The third-order valence-electron chi connectivity index (χ3n) is 3.83. The lowest BCUT2D eigenvalue weighted by Crippen LogP contribution is -2.55. The van der Waals surface area contributed by atoms with Crippen molar-refractivity contribution in [1.82, 2.24) is 10.2 Å². The molecule has 0 fully saturated rings. The maximum Gasteiger partial charge on any atom is 0.330 e. The van der Waals surface area contributed by atoms with Crippen molar-refractivity contribution in [3.8, 4) is 0 Å². The Morgan fingerprint density at radius 2 is 2.18 bits per heavy atom. The van der Waals surface area contributed by atoms with E-state index in [-0.39, 0.29) is 18.5 Å². The number of anilines is 1. The molecule has 116 valence electrons. The van der Waals surface area contributed by atoms with Gasteiger partial charge in [-0.3, -0.25) is 19.6 Å². The molecule has 0 radical (unpaired) electrons. The minimum atomic E-state index is -0.163. The van der Waals surface area contributed by atoms with Crippen LogP contribution < -0.4 is 10.2 Å². The third-order valence-corrected chi connectivity index (χ3v) is 3.83. The van der Waals surface area contributed by atoms with E-state index in [0.29, 0.717) is 13.1 Å². The predicted molar refractivity (Wildman–Crippen MR) is 85.2 cm³/mol. The third kappa shape index (κ3) is 2.56. The van der Waals surface area contributed by atoms with Gasteiger partial charge in [-0.05, 0) is 25.0 Å². The van der Waals surface area contributed by atoms with Crippen molar-refractivity contribution in [2.45, 2.75) is 19.8 Å². The van der Waals surface area contributed by atoms with E-state index in [2.05, 4.69) is 10.3 Å². The lowest BCUT2D eigenvalue weighted by molar-refractivity contribution is -0.119. The molecular formula is C16H20N4O2. The lowest BCUT2D eigenvalue weighted by Gasteiger charge is -2.39. The smallest absolute Gasteiger partial charge is 0.330 e. The molecule has 2 heterocycles. The number of carbonyl (C=O) groups is 2. The highest BCUT2D eigenvalue weighted by molar-refractivity contribution is 6.20. The first-order valence-electron chi connectivity index (χ1n) is 7.72. The largest absolute Gasteiger partial charge is 0.355 e. The van der Waals surface area contributed by atoms with E-state index in [0.717, 1.165) is 36.5 Å². The summed E-state index contributed by atoms with van der Waals surface area (Å²) in [6.45, 7) is 4.06. The van der Waals surface area contributed by atoms with E-state index in [9.17, 15) is 9.59 Å². The Kier molecular flexibility index (Phi) is 4.09. The highest BCUT2D eigenvalue weighted by Crippen LogP contribution is 2.30. The zero-order valence-electron chi connectivity index (χ0n) is 12.7. The number of aliphatic imine (C=N–C) groups is 1. The van der Waals surface area contributed by atoms with Gasteiger partial charge in [-0.25, -0.2) is 4.79 Å². The van der Waals surface area contributed by atoms with Crippen molar-refractivity contribution in [3.63, 3.8) is 0 Å². The molecule has 0 spiro atoms. The van der Waals surface area contributed by atoms with Crippen molar-refractivity contribution in [2.24, 2.45) is 4.99 Å². The number of hydrogen-bond donors (Lipinski definition) is 1. The minimum Gasteiger partial charge on any atom is -0.355 e. The van der Waals surface area contributed by atoms with Crippen LogP contribution in [-0.2, 0) is 4.79 Å². The first-order valence-corrected chi connectivity index (χ1v) is 7.72. The average molecular weight is 300 g/mol. The summed E-state index contributed by atoms with van der Waals surface area (Å²) >= 11 is 0. The van der Waals surface area contributed by atoms with Gasteiger partial charge in [0.2, 0.25) is 5.91 Å². The number of fused-ring (bicyclic) bond motifs is 3. The molecule has 3 rings (SSSR count). The summed E-state index contributed by atoms with van der Waals surface area (Å²) in [6, 6.07) is 7.47. The van der Waals surface area contributed by atoms with Crippen molar-refractivity contribution in [3.05, 3.63) is 29.8 Å². The molecule has 1 aromatic rings. The maximum absolute atomic E-state index is 12.7.